The minimum absolute atomic E-state index is 0.0189. The van der Waals surface area contributed by atoms with Gasteiger partial charge in [0, 0.05) is 52.2 Å². The third-order valence-corrected chi connectivity index (χ3v) is 6.95. The number of fused-ring (bicyclic) bond motifs is 2. The van der Waals surface area contributed by atoms with Gasteiger partial charge in [0.05, 0.1) is 11.3 Å². The summed E-state index contributed by atoms with van der Waals surface area (Å²) in [4.78, 5) is 31.7. The zero-order valence-electron chi connectivity index (χ0n) is 16.7. The molecule has 0 aliphatic carbocycles. The molecular weight excluding hydrogens is 430 g/mol. The van der Waals surface area contributed by atoms with Crippen LogP contribution in [0.1, 0.15) is 20.7 Å². The van der Waals surface area contributed by atoms with Crippen molar-refractivity contribution in [1.29, 1.82) is 0 Å². The van der Waals surface area contributed by atoms with E-state index in [0.29, 0.717) is 34.9 Å². The number of nitrogens with one attached hydrogen (secondary N) is 1. The monoisotopic (exact) mass is 449 g/mol. The Morgan fingerprint density at radius 3 is 2.52 bits per heavy atom. The van der Waals surface area contributed by atoms with Gasteiger partial charge in [-0.05, 0) is 48.5 Å². The molecule has 156 valence electrons. The summed E-state index contributed by atoms with van der Waals surface area (Å²) >= 11 is 7.65. The molecule has 2 aliphatic heterocycles. The topological polar surface area (TPSA) is 52.7 Å². The molecule has 0 atom stereocenters. The van der Waals surface area contributed by atoms with Gasteiger partial charge in [-0.3, -0.25) is 9.59 Å². The Balaban J connectivity index is 1.31. The lowest BCUT2D eigenvalue weighted by Gasteiger charge is -2.36. The number of carbonyl (C=O) groups excluding carboxylic acids is 2. The molecule has 2 heterocycles. The Labute approximate surface area is 190 Å². The highest BCUT2D eigenvalue weighted by molar-refractivity contribution is 7.99. The Morgan fingerprint density at radius 2 is 1.71 bits per heavy atom. The first-order chi connectivity index (χ1) is 15.1. The predicted molar refractivity (Wildman–Crippen MR) is 125 cm³/mol. The van der Waals surface area contributed by atoms with Crippen LogP contribution < -0.4 is 10.2 Å². The minimum atomic E-state index is -0.151. The van der Waals surface area contributed by atoms with E-state index in [1.165, 1.54) is 11.8 Å². The van der Waals surface area contributed by atoms with Crippen molar-refractivity contribution in [3.8, 4) is 0 Å². The van der Waals surface area contributed by atoms with E-state index in [0.717, 1.165) is 28.6 Å². The van der Waals surface area contributed by atoms with Gasteiger partial charge >= 0.3 is 0 Å². The molecule has 1 saturated heterocycles. The first kappa shape index (κ1) is 20.0. The van der Waals surface area contributed by atoms with E-state index in [1.54, 1.807) is 6.07 Å². The number of rotatable bonds is 2. The normalized spacial score (nSPS) is 15.6. The summed E-state index contributed by atoms with van der Waals surface area (Å²) in [6.07, 6.45) is 0. The summed E-state index contributed by atoms with van der Waals surface area (Å²) in [5.41, 5.74) is 2.98. The number of carbonyl (C=O) groups is 2. The molecule has 5 rings (SSSR count). The average Bonchev–Trinajstić information content (AvgIpc) is 2.94. The van der Waals surface area contributed by atoms with E-state index >= 15 is 0 Å². The fraction of sp³-hybridized carbons (Fsp3) is 0.167. The van der Waals surface area contributed by atoms with Crippen molar-refractivity contribution < 1.29 is 9.59 Å². The lowest BCUT2D eigenvalue weighted by atomic mass is 10.1. The zero-order chi connectivity index (χ0) is 21.4. The van der Waals surface area contributed by atoms with Crippen LogP contribution in [-0.4, -0.2) is 42.9 Å². The molecule has 0 radical (unpaired) electrons. The summed E-state index contributed by atoms with van der Waals surface area (Å²) in [6.45, 7) is 2.77. The van der Waals surface area contributed by atoms with E-state index in [-0.39, 0.29) is 11.8 Å². The van der Waals surface area contributed by atoms with Crippen molar-refractivity contribution in [2.24, 2.45) is 0 Å². The van der Waals surface area contributed by atoms with Crippen molar-refractivity contribution in [3.05, 3.63) is 82.9 Å². The van der Waals surface area contributed by atoms with Gasteiger partial charge < -0.3 is 15.1 Å². The van der Waals surface area contributed by atoms with Gasteiger partial charge in [0.2, 0.25) is 0 Å². The first-order valence-electron chi connectivity index (χ1n) is 10.1. The SMILES string of the molecule is O=C1Nc2cc(C(=O)N3CCN(c4cccc(Cl)c4)CC3)ccc2Sc2ccccc21. The number of amides is 2. The summed E-state index contributed by atoms with van der Waals surface area (Å²) in [7, 11) is 0. The standard InChI is InChI=1S/C24H20ClN3O2S/c25-17-4-3-5-18(15-17)27-10-12-28(13-11-27)24(30)16-8-9-22-20(14-16)26-23(29)19-6-1-2-7-21(19)31-22/h1-9,14-15H,10-13H2,(H,26,29). The van der Waals surface area contributed by atoms with Crippen molar-refractivity contribution in [2.45, 2.75) is 9.79 Å². The summed E-state index contributed by atoms with van der Waals surface area (Å²) in [6, 6.07) is 20.9. The molecular formula is C24H20ClN3O2S. The van der Waals surface area contributed by atoms with Gasteiger partial charge in [-0.15, -0.1) is 0 Å². The van der Waals surface area contributed by atoms with Gasteiger partial charge in [0.1, 0.15) is 0 Å². The number of nitrogens with zero attached hydrogens (tertiary/aromatic N) is 2. The quantitative estimate of drug-likeness (QED) is 0.597. The molecule has 2 aliphatic rings. The maximum atomic E-state index is 13.1. The molecule has 31 heavy (non-hydrogen) atoms. The lowest BCUT2D eigenvalue weighted by molar-refractivity contribution is 0.0746. The number of piperazine rings is 1. The number of hydrogen-bond acceptors (Lipinski definition) is 4. The Bertz CT molecular complexity index is 1170. The molecule has 3 aromatic rings. The summed E-state index contributed by atoms with van der Waals surface area (Å²) < 4.78 is 0. The van der Waals surface area contributed by atoms with Crippen LogP contribution in [0.2, 0.25) is 5.02 Å². The highest BCUT2D eigenvalue weighted by atomic mass is 35.5. The van der Waals surface area contributed by atoms with Crippen LogP contribution >= 0.6 is 23.4 Å². The van der Waals surface area contributed by atoms with E-state index in [2.05, 4.69) is 10.2 Å². The highest BCUT2D eigenvalue weighted by Crippen LogP contribution is 2.39. The van der Waals surface area contributed by atoms with Crippen LogP contribution in [0.4, 0.5) is 11.4 Å². The molecule has 1 N–H and O–H groups in total. The van der Waals surface area contributed by atoms with Crippen molar-refractivity contribution in [2.75, 3.05) is 36.4 Å². The van der Waals surface area contributed by atoms with Gasteiger partial charge in [-0.2, -0.15) is 0 Å². The van der Waals surface area contributed by atoms with Crippen molar-refractivity contribution in [3.63, 3.8) is 0 Å². The number of halogens is 1. The maximum absolute atomic E-state index is 13.1. The van der Waals surface area contributed by atoms with Crippen molar-refractivity contribution in [1.82, 2.24) is 4.90 Å². The zero-order valence-corrected chi connectivity index (χ0v) is 18.2. The molecule has 0 aromatic heterocycles. The third kappa shape index (κ3) is 4.01. The van der Waals surface area contributed by atoms with Gasteiger partial charge in [0.15, 0.2) is 0 Å². The average molecular weight is 450 g/mol. The smallest absolute Gasteiger partial charge is 0.256 e. The Hall–Kier alpha value is -2.96. The molecule has 0 saturated carbocycles. The fourth-order valence-electron chi connectivity index (χ4n) is 3.92. The molecule has 1 fully saturated rings. The van der Waals surface area contributed by atoms with Gasteiger partial charge in [-0.1, -0.05) is 41.6 Å². The van der Waals surface area contributed by atoms with Crippen LogP contribution in [0.3, 0.4) is 0 Å². The lowest BCUT2D eigenvalue weighted by Crippen LogP contribution is -2.48. The van der Waals surface area contributed by atoms with E-state index < -0.39 is 0 Å². The number of anilines is 2. The van der Waals surface area contributed by atoms with Gasteiger partial charge in [0.25, 0.3) is 11.8 Å². The minimum Gasteiger partial charge on any atom is -0.368 e. The number of benzene rings is 3. The molecule has 7 heteroatoms. The van der Waals surface area contributed by atoms with Crippen molar-refractivity contribution >= 4 is 46.6 Å². The summed E-state index contributed by atoms with van der Waals surface area (Å²) in [5.74, 6) is -0.170. The summed E-state index contributed by atoms with van der Waals surface area (Å²) in [5, 5.41) is 3.67. The van der Waals surface area contributed by atoms with E-state index in [9.17, 15) is 9.59 Å². The predicted octanol–water partition coefficient (Wildman–Crippen LogP) is 5.02. The van der Waals surface area contributed by atoms with Crippen LogP contribution in [0, 0.1) is 0 Å². The largest absolute Gasteiger partial charge is 0.368 e. The first-order valence-corrected chi connectivity index (χ1v) is 11.3. The number of hydrogen-bond donors (Lipinski definition) is 1. The molecule has 0 spiro atoms. The van der Waals surface area contributed by atoms with Crippen LogP contribution in [0.25, 0.3) is 0 Å². The van der Waals surface area contributed by atoms with Gasteiger partial charge in [-0.25, -0.2) is 0 Å². The Kier molecular flexibility index (Phi) is 5.34. The van der Waals surface area contributed by atoms with Crippen LogP contribution in [0.15, 0.2) is 76.5 Å². The molecule has 2 amide bonds. The van der Waals surface area contributed by atoms with Crippen LogP contribution in [0.5, 0.6) is 0 Å². The molecule has 0 unspecified atom stereocenters. The van der Waals surface area contributed by atoms with Crippen LogP contribution in [-0.2, 0) is 0 Å². The molecule has 5 nitrogen and oxygen atoms in total. The van der Waals surface area contributed by atoms with E-state index in [1.807, 2.05) is 65.6 Å². The fourth-order valence-corrected chi connectivity index (χ4v) is 5.12. The molecule has 0 bridgehead atoms. The van der Waals surface area contributed by atoms with E-state index in [4.69, 9.17) is 11.6 Å². The highest BCUT2D eigenvalue weighted by Gasteiger charge is 2.25. The molecule has 3 aromatic carbocycles. The second-order valence-corrected chi connectivity index (χ2v) is 9.04. The Morgan fingerprint density at radius 1 is 0.903 bits per heavy atom. The second-order valence-electron chi connectivity index (χ2n) is 7.52. The second kappa shape index (κ2) is 8.29. The maximum Gasteiger partial charge on any atom is 0.256 e. The third-order valence-electron chi connectivity index (χ3n) is 5.57.